The molecule has 3 atom stereocenters. The minimum absolute atomic E-state index is 0.0524. The summed E-state index contributed by atoms with van der Waals surface area (Å²) < 4.78 is 0. The second kappa shape index (κ2) is 5.02. The van der Waals surface area contributed by atoms with E-state index in [4.69, 9.17) is 0 Å². The summed E-state index contributed by atoms with van der Waals surface area (Å²) in [5, 5.41) is 10.8. The van der Waals surface area contributed by atoms with E-state index in [1.54, 1.807) is 4.90 Å². The van der Waals surface area contributed by atoms with E-state index >= 15 is 0 Å². The Hall–Kier alpha value is -2.11. The van der Waals surface area contributed by atoms with Crippen molar-refractivity contribution in [1.82, 2.24) is 0 Å². The molecular formula is C15H19N3O3. The van der Waals surface area contributed by atoms with Gasteiger partial charge in [0.25, 0.3) is 0 Å². The summed E-state index contributed by atoms with van der Waals surface area (Å²) in [5.74, 6) is -0.564. The van der Waals surface area contributed by atoms with E-state index in [2.05, 4.69) is 4.90 Å². The number of benzene rings is 1. The van der Waals surface area contributed by atoms with Crippen LogP contribution in [0.15, 0.2) is 24.3 Å². The summed E-state index contributed by atoms with van der Waals surface area (Å²) in [6, 6.07) is 7.13. The average molecular weight is 289 g/mol. The highest BCUT2D eigenvalue weighted by atomic mass is 16.6. The maximum atomic E-state index is 12.7. The minimum Gasteiger partial charge on any atom is -0.373 e. The van der Waals surface area contributed by atoms with Crippen LogP contribution in [0.2, 0.25) is 0 Å². The van der Waals surface area contributed by atoms with Gasteiger partial charge >= 0.3 is 0 Å². The first kappa shape index (κ1) is 13.9. The van der Waals surface area contributed by atoms with Crippen LogP contribution in [0.3, 0.4) is 0 Å². The van der Waals surface area contributed by atoms with Gasteiger partial charge in [-0.2, -0.15) is 0 Å². The fourth-order valence-electron chi connectivity index (χ4n) is 3.05. The molecule has 6 heteroatoms. The molecule has 0 aromatic heterocycles. The molecule has 1 fully saturated rings. The Kier molecular flexibility index (Phi) is 3.31. The van der Waals surface area contributed by atoms with E-state index in [-0.39, 0.29) is 16.9 Å². The predicted molar refractivity (Wildman–Crippen MR) is 80.2 cm³/mol. The van der Waals surface area contributed by atoms with Gasteiger partial charge in [0.05, 0.1) is 11.4 Å². The quantitative estimate of drug-likeness (QED) is 0.616. The molecule has 21 heavy (non-hydrogen) atoms. The maximum absolute atomic E-state index is 12.7. The van der Waals surface area contributed by atoms with Gasteiger partial charge in [-0.15, -0.1) is 0 Å². The molecule has 0 N–H and O–H groups in total. The Balaban J connectivity index is 1.94. The van der Waals surface area contributed by atoms with E-state index in [0.29, 0.717) is 6.42 Å². The van der Waals surface area contributed by atoms with Crippen molar-refractivity contribution in [2.75, 3.05) is 23.4 Å². The van der Waals surface area contributed by atoms with Gasteiger partial charge in [0, 0.05) is 31.0 Å². The third kappa shape index (κ3) is 2.34. The number of nitro groups is 1. The maximum Gasteiger partial charge on any atom is 0.237 e. The van der Waals surface area contributed by atoms with Crippen LogP contribution in [0.1, 0.15) is 19.8 Å². The summed E-state index contributed by atoms with van der Waals surface area (Å²) in [4.78, 5) is 27.1. The van der Waals surface area contributed by atoms with E-state index < -0.39 is 12.0 Å². The molecular weight excluding hydrogens is 270 g/mol. The zero-order valence-electron chi connectivity index (χ0n) is 12.2. The number of carbonyl (C=O) groups is 1. The van der Waals surface area contributed by atoms with Gasteiger partial charge < -0.3 is 9.80 Å². The Morgan fingerprint density at radius 2 is 2.00 bits per heavy atom. The monoisotopic (exact) mass is 289 g/mol. The van der Waals surface area contributed by atoms with Crippen LogP contribution in [0.25, 0.3) is 0 Å². The Morgan fingerprint density at radius 3 is 2.62 bits per heavy atom. The molecule has 1 heterocycles. The lowest BCUT2D eigenvalue weighted by Gasteiger charge is -2.28. The Bertz CT molecular complexity index is 589. The summed E-state index contributed by atoms with van der Waals surface area (Å²) in [6.45, 7) is 2.88. The molecule has 0 bridgehead atoms. The molecule has 3 rings (SSSR count). The molecule has 1 aliphatic heterocycles. The lowest BCUT2D eigenvalue weighted by atomic mass is 10.1. The molecule has 0 spiro atoms. The van der Waals surface area contributed by atoms with Crippen molar-refractivity contribution in [1.29, 1.82) is 0 Å². The van der Waals surface area contributed by atoms with Crippen LogP contribution in [-0.2, 0) is 4.79 Å². The van der Waals surface area contributed by atoms with Gasteiger partial charge in [-0.1, -0.05) is 12.1 Å². The van der Waals surface area contributed by atoms with Gasteiger partial charge in [0.1, 0.15) is 5.92 Å². The first-order valence-electron chi connectivity index (χ1n) is 7.27. The number of hydrogen-bond acceptors (Lipinski definition) is 4. The van der Waals surface area contributed by atoms with Crippen molar-refractivity contribution >= 4 is 17.3 Å². The average Bonchev–Trinajstić information content (AvgIpc) is 3.26. The SMILES string of the molecule is C[C@@H]1CCN(C)c2ccccc2N1C(=O)[C@@H]1C[C@@H]1[N+](=O)[O-]. The molecule has 2 aliphatic rings. The largest absolute Gasteiger partial charge is 0.373 e. The van der Waals surface area contributed by atoms with E-state index in [1.165, 1.54) is 0 Å². The number of carbonyl (C=O) groups excluding carboxylic acids is 1. The molecule has 6 nitrogen and oxygen atoms in total. The van der Waals surface area contributed by atoms with Gasteiger partial charge in [-0.3, -0.25) is 14.9 Å². The van der Waals surface area contributed by atoms with Crippen molar-refractivity contribution in [2.45, 2.75) is 31.8 Å². The van der Waals surface area contributed by atoms with Crippen LogP contribution in [0.5, 0.6) is 0 Å². The van der Waals surface area contributed by atoms with Crippen molar-refractivity contribution in [3.8, 4) is 0 Å². The highest BCUT2D eigenvalue weighted by Crippen LogP contribution is 2.40. The molecule has 1 aliphatic carbocycles. The number of anilines is 2. The number of fused-ring (bicyclic) bond motifs is 1. The molecule has 1 aromatic rings. The zero-order valence-corrected chi connectivity index (χ0v) is 12.2. The summed E-state index contributed by atoms with van der Waals surface area (Å²) >= 11 is 0. The smallest absolute Gasteiger partial charge is 0.237 e. The third-order valence-electron chi connectivity index (χ3n) is 4.46. The number of para-hydroxylation sites is 2. The standard InChI is InChI=1S/C15H19N3O3/c1-10-7-8-16(2)12-5-3-4-6-13(12)17(10)15(19)11-9-14(11)18(20)21/h3-6,10-11,14H,7-9H2,1-2H3/t10-,11-,14+/m1/s1. The Labute approximate surface area is 123 Å². The van der Waals surface area contributed by atoms with E-state index in [1.807, 2.05) is 38.2 Å². The first-order valence-corrected chi connectivity index (χ1v) is 7.27. The van der Waals surface area contributed by atoms with Crippen LogP contribution in [0.4, 0.5) is 11.4 Å². The first-order chi connectivity index (χ1) is 10.0. The molecule has 0 unspecified atom stereocenters. The molecule has 1 amide bonds. The molecule has 0 radical (unpaired) electrons. The van der Waals surface area contributed by atoms with Crippen molar-refractivity contribution in [3.63, 3.8) is 0 Å². The summed E-state index contributed by atoms with van der Waals surface area (Å²) in [6.07, 6.45) is 1.22. The second-order valence-corrected chi connectivity index (χ2v) is 5.95. The zero-order chi connectivity index (χ0) is 15.1. The van der Waals surface area contributed by atoms with Crippen LogP contribution in [0, 0.1) is 16.0 Å². The lowest BCUT2D eigenvalue weighted by Crippen LogP contribution is -2.40. The van der Waals surface area contributed by atoms with Crippen LogP contribution >= 0.6 is 0 Å². The van der Waals surface area contributed by atoms with Crippen molar-refractivity contribution in [2.24, 2.45) is 5.92 Å². The normalized spacial score (nSPS) is 27.8. The van der Waals surface area contributed by atoms with E-state index in [9.17, 15) is 14.9 Å². The fraction of sp³-hybridized carbons (Fsp3) is 0.533. The van der Waals surface area contributed by atoms with Gasteiger partial charge in [-0.05, 0) is 25.5 Å². The highest BCUT2D eigenvalue weighted by molar-refractivity contribution is 6.00. The molecule has 1 aromatic carbocycles. The van der Waals surface area contributed by atoms with Crippen LogP contribution < -0.4 is 9.80 Å². The number of nitrogens with zero attached hydrogens (tertiary/aromatic N) is 3. The highest BCUT2D eigenvalue weighted by Gasteiger charge is 2.55. The van der Waals surface area contributed by atoms with E-state index in [0.717, 1.165) is 24.3 Å². The number of rotatable bonds is 2. The topological polar surface area (TPSA) is 66.7 Å². The number of hydrogen-bond donors (Lipinski definition) is 0. The van der Waals surface area contributed by atoms with Gasteiger partial charge in [-0.25, -0.2) is 0 Å². The fourth-order valence-corrected chi connectivity index (χ4v) is 3.05. The molecule has 1 saturated carbocycles. The lowest BCUT2D eigenvalue weighted by molar-refractivity contribution is -0.497. The Morgan fingerprint density at radius 1 is 1.33 bits per heavy atom. The van der Waals surface area contributed by atoms with Crippen molar-refractivity contribution < 1.29 is 9.72 Å². The van der Waals surface area contributed by atoms with Gasteiger partial charge in [0.15, 0.2) is 0 Å². The second-order valence-electron chi connectivity index (χ2n) is 5.95. The summed E-state index contributed by atoms with van der Waals surface area (Å²) in [5.41, 5.74) is 1.87. The molecule has 0 saturated heterocycles. The van der Waals surface area contributed by atoms with Crippen molar-refractivity contribution in [3.05, 3.63) is 34.4 Å². The predicted octanol–water partition coefficient (Wildman–Crippen LogP) is 1.91. The summed E-state index contributed by atoms with van der Waals surface area (Å²) in [7, 11) is 2.01. The van der Waals surface area contributed by atoms with Crippen LogP contribution in [-0.4, -0.2) is 36.5 Å². The molecule has 112 valence electrons. The van der Waals surface area contributed by atoms with Gasteiger partial charge in [0.2, 0.25) is 11.9 Å². The number of amides is 1. The third-order valence-corrected chi connectivity index (χ3v) is 4.46. The minimum atomic E-state index is -0.696.